The lowest BCUT2D eigenvalue weighted by atomic mass is 10.0. The van der Waals surface area contributed by atoms with E-state index in [-0.39, 0.29) is 0 Å². The molecule has 0 N–H and O–H groups in total. The van der Waals surface area contributed by atoms with Gasteiger partial charge < -0.3 is 0 Å². The SMILES string of the molecule is CCCCCCCCCCCCN(CC(C)CCCCCCCCCC)CN(CC)CC. The first-order valence-electron chi connectivity index (χ1n) is 15.1. The molecule has 0 aromatic carbocycles. The average molecular weight is 453 g/mol. The second kappa shape index (κ2) is 25.5. The Balaban J connectivity index is 3.97. The molecule has 2 nitrogen and oxygen atoms in total. The van der Waals surface area contributed by atoms with E-state index in [2.05, 4.69) is 44.4 Å². The number of hydrogen-bond donors (Lipinski definition) is 0. The van der Waals surface area contributed by atoms with Crippen LogP contribution in [0.25, 0.3) is 0 Å². The monoisotopic (exact) mass is 453 g/mol. The molecule has 0 radical (unpaired) electrons. The maximum atomic E-state index is 2.77. The summed E-state index contributed by atoms with van der Waals surface area (Å²) in [4.78, 5) is 5.37. The van der Waals surface area contributed by atoms with Gasteiger partial charge in [-0.15, -0.1) is 0 Å². The quantitative estimate of drug-likeness (QED) is 0.0951. The molecule has 1 atom stereocenters. The summed E-state index contributed by atoms with van der Waals surface area (Å²) in [5.74, 6) is 0.841. The molecule has 32 heavy (non-hydrogen) atoms. The normalized spacial score (nSPS) is 12.8. The molecular weight excluding hydrogens is 388 g/mol. The van der Waals surface area contributed by atoms with E-state index in [1.807, 2.05) is 0 Å². The van der Waals surface area contributed by atoms with Crippen LogP contribution in [-0.2, 0) is 0 Å². The van der Waals surface area contributed by atoms with Crippen molar-refractivity contribution >= 4 is 0 Å². The maximum Gasteiger partial charge on any atom is 0.0506 e. The van der Waals surface area contributed by atoms with E-state index in [4.69, 9.17) is 0 Å². The van der Waals surface area contributed by atoms with Crippen LogP contribution in [0.15, 0.2) is 0 Å². The van der Waals surface area contributed by atoms with E-state index >= 15 is 0 Å². The van der Waals surface area contributed by atoms with E-state index < -0.39 is 0 Å². The summed E-state index contributed by atoms with van der Waals surface area (Å²) in [6.07, 6.45) is 27.3. The van der Waals surface area contributed by atoms with Crippen molar-refractivity contribution < 1.29 is 0 Å². The summed E-state index contributed by atoms with van der Waals surface area (Å²) >= 11 is 0. The van der Waals surface area contributed by atoms with E-state index in [1.54, 1.807) is 0 Å². The predicted octanol–water partition coefficient (Wildman–Crippen LogP) is 9.68. The molecule has 0 bridgehead atoms. The van der Waals surface area contributed by atoms with Gasteiger partial charge >= 0.3 is 0 Å². The van der Waals surface area contributed by atoms with Crippen LogP contribution in [0.4, 0.5) is 0 Å². The zero-order chi connectivity index (χ0) is 23.7. The van der Waals surface area contributed by atoms with Crippen LogP contribution >= 0.6 is 0 Å². The molecule has 0 aromatic rings. The Kier molecular flexibility index (Phi) is 25.5. The maximum absolute atomic E-state index is 2.77. The Morgan fingerprint density at radius 3 is 1.31 bits per heavy atom. The van der Waals surface area contributed by atoms with E-state index in [9.17, 15) is 0 Å². The number of nitrogens with zero attached hydrogens (tertiary/aromatic N) is 2. The van der Waals surface area contributed by atoms with Crippen molar-refractivity contribution in [2.75, 3.05) is 32.8 Å². The van der Waals surface area contributed by atoms with Crippen molar-refractivity contribution in [3.63, 3.8) is 0 Å². The Bertz CT molecular complexity index is 340. The molecule has 0 aromatic heterocycles. The third-order valence-electron chi connectivity index (χ3n) is 7.24. The van der Waals surface area contributed by atoms with Gasteiger partial charge in [0.15, 0.2) is 0 Å². The van der Waals surface area contributed by atoms with Crippen LogP contribution in [0.3, 0.4) is 0 Å². The van der Waals surface area contributed by atoms with Gasteiger partial charge in [0, 0.05) is 6.54 Å². The molecule has 0 saturated heterocycles. The van der Waals surface area contributed by atoms with Gasteiger partial charge in [-0.3, -0.25) is 9.80 Å². The molecule has 2 heteroatoms. The van der Waals surface area contributed by atoms with Gasteiger partial charge in [-0.05, 0) is 38.4 Å². The van der Waals surface area contributed by atoms with E-state index in [0.29, 0.717) is 0 Å². The van der Waals surface area contributed by atoms with E-state index in [0.717, 1.165) is 5.92 Å². The number of unbranched alkanes of at least 4 members (excludes halogenated alkanes) is 16. The van der Waals surface area contributed by atoms with Gasteiger partial charge in [0.2, 0.25) is 0 Å². The highest BCUT2D eigenvalue weighted by Crippen LogP contribution is 2.16. The van der Waals surface area contributed by atoms with Gasteiger partial charge in [-0.1, -0.05) is 144 Å². The summed E-state index contributed by atoms with van der Waals surface area (Å²) in [7, 11) is 0. The third-order valence-corrected chi connectivity index (χ3v) is 7.24. The Hall–Kier alpha value is -0.0800. The molecule has 0 aliphatic heterocycles. The number of rotatable bonds is 26. The minimum atomic E-state index is 0.841. The standard InChI is InChI=1S/C30H64N2/c1-6-10-12-14-16-18-19-21-23-25-27-32(29-31(8-3)9-4)28-30(5)26-24-22-20-17-15-13-11-7-2/h30H,6-29H2,1-5H3. The highest BCUT2D eigenvalue weighted by molar-refractivity contribution is 4.65. The highest BCUT2D eigenvalue weighted by Gasteiger charge is 2.13. The molecule has 0 rings (SSSR count). The summed E-state index contributed by atoms with van der Waals surface area (Å²) in [6, 6.07) is 0. The predicted molar refractivity (Wildman–Crippen MR) is 148 cm³/mol. The summed E-state index contributed by atoms with van der Waals surface area (Å²) in [5.41, 5.74) is 0. The van der Waals surface area contributed by atoms with Gasteiger partial charge in [0.1, 0.15) is 0 Å². The molecule has 0 spiro atoms. The lowest BCUT2D eigenvalue weighted by Crippen LogP contribution is -2.40. The highest BCUT2D eigenvalue weighted by atomic mass is 15.3. The van der Waals surface area contributed by atoms with Crippen LogP contribution in [0.2, 0.25) is 0 Å². The fourth-order valence-corrected chi connectivity index (χ4v) is 4.91. The molecule has 0 aliphatic carbocycles. The zero-order valence-electron chi connectivity index (χ0n) is 23.4. The first-order chi connectivity index (χ1) is 15.7. The molecule has 194 valence electrons. The van der Waals surface area contributed by atoms with Crippen molar-refractivity contribution in [1.29, 1.82) is 0 Å². The third kappa shape index (κ3) is 21.7. The molecule has 0 heterocycles. The molecule has 1 unspecified atom stereocenters. The number of hydrogen-bond acceptors (Lipinski definition) is 2. The van der Waals surface area contributed by atoms with Gasteiger partial charge in [-0.25, -0.2) is 0 Å². The summed E-state index contributed by atoms with van der Waals surface area (Å²) < 4.78 is 0. The average Bonchev–Trinajstić information content (AvgIpc) is 2.80. The lowest BCUT2D eigenvalue weighted by Gasteiger charge is -2.31. The van der Waals surface area contributed by atoms with Crippen LogP contribution < -0.4 is 0 Å². The second-order valence-electron chi connectivity index (χ2n) is 10.6. The van der Waals surface area contributed by atoms with E-state index in [1.165, 1.54) is 155 Å². The fourth-order valence-electron chi connectivity index (χ4n) is 4.91. The van der Waals surface area contributed by atoms with Crippen molar-refractivity contribution in [3.05, 3.63) is 0 Å². The van der Waals surface area contributed by atoms with Crippen molar-refractivity contribution in [2.24, 2.45) is 5.92 Å². The molecule has 0 amide bonds. The minimum Gasteiger partial charge on any atom is -0.291 e. The Morgan fingerprint density at radius 2 is 0.875 bits per heavy atom. The fraction of sp³-hybridized carbons (Fsp3) is 1.00. The Labute approximate surface area is 205 Å². The topological polar surface area (TPSA) is 6.48 Å². The first kappa shape index (κ1) is 31.9. The van der Waals surface area contributed by atoms with Crippen molar-refractivity contribution in [1.82, 2.24) is 9.80 Å². The first-order valence-corrected chi connectivity index (χ1v) is 15.1. The lowest BCUT2D eigenvalue weighted by molar-refractivity contribution is 0.121. The van der Waals surface area contributed by atoms with Crippen LogP contribution in [-0.4, -0.2) is 42.6 Å². The van der Waals surface area contributed by atoms with Gasteiger partial charge in [0.05, 0.1) is 6.67 Å². The van der Waals surface area contributed by atoms with Gasteiger partial charge in [0.25, 0.3) is 0 Å². The molecule has 0 fully saturated rings. The Morgan fingerprint density at radius 1 is 0.469 bits per heavy atom. The van der Waals surface area contributed by atoms with Crippen LogP contribution in [0, 0.1) is 5.92 Å². The zero-order valence-corrected chi connectivity index (χ0v) is 23.4. The van der Waals surface area contributed by atoms with Crippen LogP contribution in [0.1, 0.15) is 157 Å². The summed E-state index contributed by atoms with van der Waals surface area (Å²) in [6.45, 7) is 17.9. The molecule has 0 saturated carbocycles. The van der Waals surface area contributed by atoms with Crippen LogP contribution in [0.5, 0.6) is 0 Å². The minimum absolute atomic E-state index is 0.841. The second-order valence-corrected chi connectivity index (χ2v) is 10.6. The van der Waals surface area contributed by atoms with Gasteiger partial charge in [-0.2, -0.15) is 0 Å². The summed E-state index contributed by atoms with van der Waals surface area (Å²) in [5, 5.41) is 0. The smallest absolute Gasteiger partial charge is 0.0506 e. The van der Waals surface area contributed by atoms with Crippen molar-refractivity contribution in [3.8, 4) is 0 Å². The molecular formula is C30H64N2. The largest absolute Gasteiger partial charge is 0.291 e. The van der Waals surface area contributed by atoms with Crippen molar-refractivity contribution in [2.45, 2.75) is 157 Å². The molecule has 0 aliphatic rings.